The molecule has 24 heavy (non-hydrogen) atoms. The molecular weight excluding hydrogens is 296 g/mol. The molecule has 0 bridgehead atoms. The molecule has 4 nitrogen and oxygen atoms in total. The van der Waals surface area contributed by atoms with Crippen LogP contribution in [-0.4, -0.2) is 29.0 Å². The van der Waals surface area contributed by atoms with Crippen LogP contribution in [0.25, 0.3) is 0 Å². The summed E-state index contributed by atoms with van der Waals surface area (Å²) < 4.78 is 0. The highest BCUT2D eigenvalue weighted by molar-refractivity contribution is 5.59. The molecule has 1 atom stereocenters. The summed E-state index contributed by atoms with van der Waals surface area (Å²) in [6.07, 6.45) is 1.11. The zero-order chi connectivity index (χ0) is 17.1. The minimum atomic E-state index is 0.402. The molecule has 0 amide bonds. The molecule has 0 radical (unpaired) electrons. The molecule has 124 valence electrons. The first-order valence-electron chi connectivity index (χ1n) is 8.51. The van der Waals surface area contributed by atoms with Crippen LogP contribution < -0.4 is 5.32 Å². The quantitative estimate of drug-likeness (QED) is 0.938. The molecule has 2 aromatic rings. The number of nitrogens with one attached hydrogen (secondary N) is 1. The molecule has 1 unspecified atom stereocenters. The van der Waals surface area contributed by atoms with E-state index in [1.54, 1.807) is 0 Å². The molecule has 2 heterocycles. The molecular formula is C20H24N4. The van der Waals surface area contributed by atoms with Crippen LogP contribution in [0, 0.1) is 25.2 Å². The third-order valence-corrected chi connectivity index (χ3v) is 4.81. The molecule has 1 aromatic carbocycles. The Labute approximate surface area is 144 Å². The number of fused-ring (bicyclic) bond motifs is 1. The van der Waals surface area contributed by atoms with E-state index in [1.807, 2.05) is 19.9 Å². The van der Waals surface area contributed by atoms with E-state index in [1.165, 1.54) is 11.1 Å². The minimum absolute atomic E-state index is 0.402. The van der Waals surface area contributed by atoms with Gasteiger partial charge in [-0.1, -0.05) is 24.3 Å². The van der Waals surface area contributed by atoms with Crippen molar-refractivity contribution in [2.45, 2.75) is 39.8 Å². The second-order valence-electron chi connectivity index (χ2n) is 6.60. The highest BCUT2D eigenvalue weighted by atomic mass is 15.2. The second-order valence-corrected chi connectivity index (χ2v) is 6.60. The highest BCUT2D eigenvalue weighted by Gasteiger charge is 2.20. The van der Waals surface area contributed by atoms with Crippen LogP contribution in [0.5, 0.6) is 0 Å². The van der Waals surface area contributed by atoms with Crippen molar-refractivity contribution >= 4 is 5.69 Å². The predicted octanol–water partition coefficient (Wildman–Crippen LogP) is 3.43. The fourth-order valence-electron chi connectivity index (χ4n) is 3.39. The second kappa shape index (κ2) is 7.02. The third-order valence-electron chi connectivity index (χ3n) is 4.81. The van der Waals surface area contributed by atoms with Gasteiger partial charge >= 0.3 is 0 Å². The average molecular weight is 320 g/mol. The van der Waals surface area contributed by atoms with Crippen LogP contribution in [0.4, 0.5) is 5.69 Å². The first-order valence-corrected chi connectivity index (χ1v) is 8.51. The maximum absolute atomic E-state index is 9.37. The predicted molar refractivity (Wildman–Crippen MR) is 96.9 cm³/mol. The Bertz CT molecular complexity index is 776. The van der Waals surface area contributed by atoms with E-state index >= 15 is 0 Å². The zero-order valence-corrected chi connectivity index (χ0v) is 14.6. The third kappa shape index (κ3) is 3.42. The molecule has 0 saturated carbocycles. The van der Waals surface area contributed by atoms with Crippen molar-refractivity contribution in [1.29, 1.82) is 5.26 Å². The lowest BCUT2D eigenvalue weighted by molar-refractivity contribution is 0.198. The van der Waals surface area contributed by atoms with E-state index in [-0.39, 0.29) is 0 Å². The van der Waals surface area contributed by atoms with Gasteiger partial charge in [-0.25, -0.2) is 0 Å². The first kappa shape index (κ1) is 16.5. The number of nitrogens with zero attached hydrogens (tertiary/aromatic N) is 3. The van der Waals surface area contributed by atoms with Gasteiger partial charge in [-0.15, -0.1) is 0 Å². The molecule has 1 aliphatic heterocycles. The SMILES string of the molecule is Cc1cc(NCC(C)N2CCc3ccccc3C2)c(C#N)c(C)n1. The van der Waals surface area contributed by atoms with Gasteiger partial charge in [-0.2, -0.15) is 5.26 Å². The molecule has 1 aliphatic rings. The summed E-state index contributed by atoms with van der Waals surface area (Å²) in [4.78, 5) is 6.88. The van der Waals surface area contributed by atoms with E-state index < -0.39 is 0 Å². The van der Waals surface area contributed by atoms with E-state index in [0.717, 1.165) is 43.1 Å². The molecule has 0 spiro atoms. The van der Waals surface area contributed by atoms with E-state index in [9.17, 15) is 5.26 Å². The number of anilines is 1. The summed E-state index contributed by atoms with van der Waals surface area (Å²) >= 11 is 0. The smallest absolute Gasteiger partial charge is 0.103 e. The summed E-state index contributed by atoms with van der Waals surface area (Å²) in [5.74, 6) is 0. The van der Waals surface area contributed by atoms with Crippen LogP contribution in [0.15, 0.2) is 30.3 Å². The van der Waals surface area contributed by atoms with Gasteiger partial charge in [0.25, 0.3) is 0 Å². The fourth-order valence-corrected chi connectivity index (χ4v) is 3.39. The molecule has 1 aromatic heterocycles. The maximum atomic E-state index is 9.37. The van der Waals surface area contributed by atoms with Gasteiger partial charge in [0.1, 0.15) is 6.07 Å². The van der Waals surface area contributed by atoms with Crippen LogP contribution in [0.3, 0.4) is 0 Å². The standard InChI is InChI=1S/C20H24N4/c1-14-10-20(19(11-21)16(3)23-14)22-12-15(2)24-9-8-17-6-4-5-7-18(17)13-24/h4-7,10,15H,8-9,12-13H2,1-3H3,(H,22,23). The molecule has 0 saturated heterocycles. The number of aromatic nitrogens is 1. The van der Waals surface area contributed by atoms with Crippen molar-refractivity contribution < 1.29 is 0 Å². The van der Waals surface area contributed by atoms with Crippen molar-refractivity contribution in [2.75, 3.05) is 18.4 Å². The van der Waals surface area contributed by atoms with E-state index in [4.69, 9.17) is 0 Å². The minimum Gasteiger partial charge on any atom is -0.382 e. The number of hydrogen-bond donors (Lipinski definition) is 1. The van der Waals surface area contributed by atoms with E-state index in [2.05, 4.69) is 52.5 Å². The summed E-state index contributed by atoms with van der Waals surface area (Å²) in [6.45, 7) is 9.00. The highest BCUT2D eigenvalue weighted by Crippen LogP contribution is 2.22. The number of nitriles is 1. The van der Waals surface area contributed by atoms with Gasteiger partial charge in [-0.3, -0.25) is 9.88 Å². The molecule has 4 heteroatoms. The Kier molecular flexibility index (Phi) is 4.82. The monoisotopic (exact) mass is 320 g/mol. The summed E-state index contributed by atoms with van der Waals surface area (Å²) in [5.41, 5.74) is 6.18. The molecule has 3 rings (SSSR count). The van der Waals surface area contributed by atoms with Gasteiger partial charge in [0, 0.05) is 31.4 Å². The summed E-state index contributed by atoms with van der Waals surface area (Å²) in [6, 6.07) is 13.3. The normalized spacial score (nSPS) is 15.4. The van der Waals surface area contributed by atoms with Gasteiger partial charge in [-0.05, 0) is 44.4 Å². The van der Waals surface area contributed by atoms with Gasteiger partial charge in [0.15, 0.2) is 0 Å². The van der Waals surface area contributed by atoms with Crippen LogP contribution in [-0.2, 0) is 13.0 Å². The van der Waals surface area contributed by atoms with Gasteiger partial charge < -0.3 is 5.32 Å². The lowest BCUT2D eigenvalue weighted by Gasteiger charge is -2.34. The van der Waals surface area contributed by atoms with Gasteiger partial charge in [0.2, 0.25) is 0 Å². The lowest BCUT2D eigenvalue weighted by atomic mass is 9.99. The lowest BCUT2D eigenvalue weighted by Crippen LogP contribution is -2.41. The van der Waals surface area contributed by atoms with Crippen molar-refractivity contribution in [1.82, 2.24) is 9.88 Å². The first-order chi connectivity index (χ1) is 11.6. The molecule has 0 aliphatic carbocycles. The van der Waals surface area contributed by atoms with Crippen LogP contribution in [0.1, 0.15) is 35.0 Å². The summed E-state index contributed by atoms with van der Waals surface area (Å²) in [7, 11) is 0. The Morgan fingerprint density at radius 2 is 2.04 bits per heavy atom. The fraction of sp³-hybridized carbons (Fsp3) is 0.400. The van der Waals surface area contributed by atoms with E-state index in [0.29, 0.717) is 11.6 Å². The Balaban J connectivity index is 1.67. The Hall–Kier alpha value is -2.38. The van der Waals surface area contributed by atoms with Crippen molar-refractivity contribution in [3.05, 3.63) is 58.4 Å². The zero-order valence-electron chi connectivity index (χ0n) is 14.6. The Morgan fingerprint density at radius 1 is 1.29 bits per heavy atom. The van der Waals surface area contributed by atoms with Crippen LogP contribution in [0.2, 0.25) is 0 Å². The molecule has 0 fully saturated rings. The number of pyridine rings is 1. The van der Waals surface area contributed by atoms with Crippen molar-refractivity contribution in [3.8, 4) is 6.07 Å². The van der Waals surface area contributed by atoms with Crippen molar-refractivity contribution in [2.24, 2.45) is 0 Å². The maximum Gasteiger partial charge on any atom is 0.103 e. The largest absolute Gasteiger partial charge is 0.382 e. The van der Waals surface area contributed by atoms with Crippen LogP contribution >= 0.6 is 0 Å². The number of aryl methyl sites for hydroxylation is 2. The van der Waals surface area contributed by atoms with Crippen molar-refractivity contribution in [3.63, 3.8) is 0 Å². The number of rotatable bonds is 4. The Morgan fingerprint density at radius 3 is 2.79 bits per heavy atom. The average Bonchev–Trinajstić information content (AvgIpc) is 2.58. The molecule has 1 N–H and O–H groups in total. The number of hydrogen-bond acceptors (Lipinski definition) is 4. The topological polar surface area (TPSA) is 52.0 Å². The van der Waals surface area contributed by atoms with Gasteiger partial charge in [0.05, 0.1) is 16.9 Å². The summed E-state index contributed by atoms with van der Waals surface area (Å²) in [5, 5.41) is 12.8. The number of benzene rings is 1.